The van der Waals surface area contributed by atoms with Crippen LogP contribution in [-0.4, -0.2) is 30.4 Å². The summed E-state index contributed by atoms with van der Waals surface area (Å²) < 4.78 is 14.5. The fourth-order valence-electron chi connectivity index (χ4n) is 3.05. The highest BCUT2D eigenvalue weighted by Gasteiger charge is 2.24. The molecule has 5 heteroatoms. The van der Waals surface area contributed by atoms with Crippen molar-refractivity contribution in [1.29, 1.82) is 0 Å². The number of carbonyl (C=O) groups excluding carboxylic acids is 1. The van der Waals surface area contributed by atoms with Crippen LogP contribution in [0.5, 0.6) is 0 Å². The molecule has 3 nitrogen and oxygen atoms in total. The smallest absolute Gasteiger partial charge is 0.256 e. The van der Waals surface area contributed by atoms with E-state index in [1.807, 2.05) is 12.1 Å². The third kappa shape index (κ3) is 3.60. The zero-order chi connectivity index (χ0) is 17.1. The molecule has 1 aliphatic heterocycles. The van der Waals surface area contributed by atoms with Gasteiger partial charge in [-0.25, -0.2) is 4.39 Å². The summed E-state index contributed by atoms with van der Waals surface area (Å²) in [6.07, 6.45) is 1.76. The maximum absolute atomic E-state index is 14.5. The number of piperidine rings is 1. The Hall–Kier alpha value is -1.91. The van der Waals surface area contributed by atoms with E-state index in [0.29, 0.717) is 30.6 Å². The molecule has 0 aliphatic carbocycles. The highest BCUT2D eigenvalue weighted by Crippen LogP contribution is 2.25. The summed E-state index contributed by atoms with van der Waals surface area (Å²) in [5.74, 6) is -0.273. The van der Waals surface area contributed by atoms with Gasteiger partial charge in [-0.2, -0.15) is 0 Å². The molecule has 24 heavy (non-hydrogen) atoms. The molecule has 126 valence electrons. The van der Waals surface area contributed by atoms with Crippen molar-refractivity contribution in [1.82, 2.24) is 4.90 Å². The Labute approximate surface area is 146 Å². The molecule has 0 radical (unpaired) electrons. The first kappa shape index (κ1) is 16.9. The summed E-state index contributed by atoms with van der Waals surface area (Å²) in [6.45, 7) is 1.92. The van der Waals surface area contributed by atoms with Crippen LogP contribution in [0.15, 0.2) is 42.5 Å². The van der Waals surface area contributed by atoms with Crippen molar-refractivity contribution in [3.63, 3.8) is 0 Å². The van der Waals surface area contributed by atoms with Crippen molar-refractivity contribution in [2.75, 3.05) is 19.6 Å². The normalized spacial score (nSPS) is 15.5. The fraction of sp³-hybridized carbons (Fsp3) is 0.316. The molecule has 0 atom stereocenters. The first-order valence-electron chi connectivity index (χ1n) is 8.13. The van der Waals surface area contributed by atoms with Crippen LogP contribution in [0.3, 0.4) is 0 Å². The monoisotopic (exact) mass is 346 g/mol. The van der Waals surface area contributed by atoms with Crippen LogP contribution >= 0.6 is 11.6 Å². The Bertz CT molecular complexity index is 725. The molecule has 0 aromatic heterocycles. The van der Waals surface area contributed by atoms with Gasteiger partial charge in [-0.3, -0.25) is 4.79 Å². The molecule has 1 fully saturated rings. The summed E-state index contributed by atoms with van der Waals surface area (Å²) in [5.41, 5.74) is 7.38. The zero-order valence-electron chi connectivity index (χ0n) is 13.3. The summed E-state index contributed by atoms with van der Waals surface area (Å²) >= 11 is 5.87. The maximum atomic E-state index is 14.5. The maximum Gasteiger partial charge on any atom is 0.256 e. The predicted octanol–water partition coefficient (Wildman–Crippen LogP) is 3.96. The topological polar surface area (TPSA) is 46.3 Å². The number of halogens is 2. The molecule has 0 bridgehead atoms. The molecule has 0 unspecified atom stereocenters. The molecule has 3 rings (SSSR count). The average molecular weight is 347 g/mol. The Morgan fingerprint density at radius 1 is 1.12 bits per heavy atom. The summed E-state index contributed by atoms with van der Waals surface area (Å²) in [4.78, 5) is 14.3. The van der Waals surface area contributed by atoms with Gasteiger partial charge in [0, 0.05) is 18.1 Å². The molecular formula is C19H20ClFN2O. The molecule has 2 aromatic carbocycles. The number of rotatable bonds is 3. The fourth-order valence-corrected chi connectivity index (χ4v) is 3.18. The SMILES string of the molecule is NCC1CCN(C(=O)c2ccc(-c3ccc(Cl)cc3)cc2F)CC1. The van der Waals surface area contributed by atoms with E-state index >= 15 is 0 Å². The minimum absolute atomic E-state index is 0.124. The van der Waals surface area contributed by atoms with E-state index in [9.17, 15) is 9.18 Å². The van der Waals surface area contributed by atoms with E-state index in [-0.39, 0.29) is 11.5 Å². The largest absolute Gasteiger partial charge is 0.339 e. The van der Waals surface area contributed by atoms with Crippen molar-refractivity contribution in [2.45, 2.75) is 12.8 Å². The number of amides is 1. The van der Waals surface area contributed by atoms with Crippen LogP contribution in [0.25, 0.3) is 11.1 Å². The second-order valence-electron chi connectivity index (χ2n) is 6.17. The lowest BCUT2D eigenvalue weighted by Gasteiger charge is -2.31. The van der Waals surface area contributed by atoms with Crippen LogP contribution in [-0.2, 0) is 0 Å². The van der Waals surface area contributed by atoms with Gasteiger partial charge in [0.25, 0.3) is 5.91 Å². The average Bonchev–Trinajstić information content (AvgIpc) is 2.62. The van der Waals surface area contributed by atoms with Gasteiger partial charge in [-0.15, -0.1) is 0 Å². The van der Waals surface area contributed by atoms with Crippen LogP contribution < -0.4 is 5.73 Å². The molecule has 0 spiro atoms. The number of nitrogens with zero attached hydrogens (tertiary/aromatic N) is 1. The molecule has 2 N–H and O–H groups in total. The van der Waals surface area contributed by atoms with Gasteiger partial charge in [-0.05, 0) is 60.7 Å². The molecular weight excluding hydrogens is 327 g/mol. The van der Waals surface area contributed by atoms with E-state index in [2.05, 4.69) is 0 Å². The van der Waals surface area contributed by atoms with Crippen LogP contribution in [0, 0.1) is 11.7 Å². The van der Waals surface area contributed by atoms with E-state index < -0.39 is 5.82 Å². The van der Waals surface area contributed by atoms with Gasteiger partial charge in [0.2, 0.25) is 0 Å². The quantitative estimate of drug-likeness (QED) is 0.914. The number of hydrogen-bond acceptors (Lipinski definition) is 2. The summed E-state index contributed by atoms with van der Waals surface area (Å²) in [6, 6.07) is 11.9. The molecule has 0 saturated carbocycles. The van der Waals surface area contributed by atoms with Gasteiger partial charge in [0.15, 0.2) is 0 Å². The lowest BCUT2D eigenvalue weighted by atomic mass is 9.96. The zero-order valence-corrected chi connectivity index (χ0v) is 14.1. The van der Waals surface area contributed by atoms with E-state index in [4.69, 9.17) is 17.3 Å². The van der Waals surface area contributed by atoms with E-state index in [0.717, 1.165) is 24.0 Å². The van der Waals surface area contributed by atoms with Gasteiger partial charge >= 0.3 is 0 Å². The van der Waals surface area contributed by atoms with Crippen LogP contribution in [0.2, 0.25) is 5.02 Å². The standard InChI is InChI=1S/C19H20ClFN2O/c20-16-4-1-14(2-5-16)15-3-6-17(18(21)11-15)19(24)23-9-7-13(12-22)8-10-23/h1-6,11,13H,7-10,12,22H2. The Balaban J connectivity index is 1.77. The Morgan fingerprint density at radius 3 is 2.33 bits per heavy atom. The highest BCUT2D eigenvalue weighted by atomic mass is 35.5. The van der Waals surface area contributed by atoms with Gasteiger partial charge in [0.1, 0.15) is 5.82 Å². The van der Waals surface area contributed by atoms with Crippen molar-refractivity contribution in [3.8, 4) is 11.1 Å². The highest BCUT2D eigenvalue weighted by molar-refractivity contribution is 6.30. The summed E-state index contributed by atoms with van der Waals surface area (Å²) in [5, 5.41) is 0.631. The van der Waals surface area contributed by atoms with Crippen molar-refractivity contribution in [3.05, 3.63) is 58.9 Å². The third-order valence-electron chi connectivity index (χ3n) is 4.61. The van der Waals surface area contributed by atoms with Gasteiger partial charge in [0.05, 0.1) is 5.56 Å². The number of likely N-dealkylation sites (tertiary alicyclic amines) is 1. The summed E-state index contributed by atoms with van der Waals surface area (Å²) in [7, 11) is 0. The lowest BCUT2D eigenvalue weighted by Crippen LogP contribution is -2.40. The molecule has 2 aromatic rings. The van der Waals surface area contributed by atoms with Crippen LogP contribution in [0.1, 0.15) is 23.2 Å². The molecule has 1 saturated heterocycles. The van der Waals surface area contributed by atoms with Crippen molar-refractivity contribution < 1.29 is 9.18 Å². The van der Waals surface area contributed by atoms with Gasteiger partial charge < -0.3 is 10.6 Å². The first-order chi connectivity index (χ1) is 11.6. The van der Waals surface area contributed by atoms with E-state index in [1.54, 1.807) is 29.2 Å². The number of nitrogens with two attached hydrogens (primary N) is 1. The third-order valence-corrected chi connectivity index (χ3v) is 4.86. The van der Waals surface area contributed by atoms with E-state index in [1.165, 1.54) is 6.07 Å². The second kappa shape index (κ2) is 7.32. The minimum Gasteiger partial charge on any atom is -0.339 e. The van der Waals surface area contributed by atoms with Gasteiger partial charge in [-0.1, -0.05) is 29.8 Å². The van der Waals surface area contributed by atoms with Crippen LogP contribution in [0.4, 0.5) is 4.39 Å². The molecule has 1 aliphatic rings. The van der Waals surface area contributed by atoms with Crippen molar-refractivity contribution in [2.24, 2.45) is 11.7 Å². The Kier molecular flexibility index (Phi) is 5.17. The second-order valence-corrected chi connectivity index (χ2v) is 6.61. The number of hydrogen-bond donors (Lipinski definition) is 1. The number of carbonyl (C=O) groups is 1. The number of benzene rings is 2. The molecule has 1 heterocycles. The molecule has 1 amide bonds. The van der Waals surface area contributed by atoms with Crippen molar-refractivity contribution >= 4 is 17.5 Å². The Morgan fingerprint density at radius 2 is 1.75 bits per heavy atom. The predicted molar refractivity (Wildman–Crippen MR) is 94.5 cm³/mol. The minimum atomic E-state index is -0.492. The lowest BCUT2D eigenvalue weighted by molar-refractivity contribution is 0.0688. The first-order valence-corrected chi connectivity index (χ1v) is 8.51.